The van der Waals surface area contributed by atoms with Crippen molar-refractivity contribution in [2.24, 2.45) is 5.10 Å². The Kier molecular flexibility index (Phi) is 6.26. The number of para-hydroxylation sites is 2. The highest BCUT2D eigenvalue weighted by Crippen LogP contribution is 2.27. The second-order valence-electron chi connectivity index (χ2n) is 5.79. The van der Waals surface area contributed by atoms with E-state index in [-0.39, 0.29) is 19.1 Å². The molecule has 3 aromatic rings. The molecule has 142 valence electrons. The maximum atomic E-state index is 12.1. The van der Waals surface area contributed by atoms with Gasteiger partial charge in [-0.25, -0.2) is 10.4 Å². The zero-order valence-electron chi connectivity index (χ0n) is 15.5. The molecule has 0 saturated heterocycles. The number of rotatable bonds is 8. The van der Waals surface area contributed by atoms with Crippen LogP contribution in [0.25, 0.3) is 11.0 Å². The van der Waals surface area contributed by atoms with E-state index in [1.54, 1.807) is 29.1 Å². The molecule has 1 heterocycles. The average Bonchev–Trinajstić information content (AvgIpc) is 3.10. The number of amides is 1. The van der Waals surface area contributed by atoms with E-state index < -0.39 is 0 Å². The van der Waals surface area contributed by atoms with Gasteiger partial charge >= 0.3 is 0 Å². The predicted molar refractivity (Wildman–Crippen MR) is 107 cm³/mol. The van der Waals surface area contributed by atoms with Gasteiger partial charge in [-0.1, -0.05) is 18.1 Å². The number of carbonyl (C=O) groups is 1. The third-order valence-electron chi connectivity index (χ3n) is 3.82. The van der Waals surface area contributed by atoms with Gasteiger partial charge in [-0.15, -0.1) is 6.42 Å². The van der Waals surface area contributed by atoms with Gasteiger partial charge in [-0.3, -0.25) is 4.79 Å². The summed E-state index contributed by atoms with van der Waals surface area (Å²) in [5.41, 5.74) is 5.01. The van der Waals surface area contributed by atoms with E-state index in [1.807, 2.05) is 31.2 Å². The number of hydrogen-bond donors (Lipinski definition) is 1. The molecule has 0 fully saturated rings. The van der Waals surface area contributed by atoms with Crippen LogP contribution in [0.3, 0.4) is 0 Å². The van der Waals surface area contributed by atoms with E-state index >= 15 is 0 Å². The second-order valence-corrected chi connectivity index (χ2v) is 5.79. The Bertz CT molecular complexity index is 1030. The van der Waals surface area contributed by atoms with Gasteiger partial charge in [0.15, 0.2) is 11.5 Å². The summed E-state index contributed by atoms with van der Waals surface area (Å²) in [6.45, 7) is 2.65. The van der Waals surface area contributed by atoms with Crippen LogP contribution in [0.4, 0.5) is 0 Å². The first-order chi connectivity index (χ1) is 13.7. The van der Waals surface area contributed by atoms with Gasteiger partial charge in [0.1, 0.15) is 13.2 Å². The lowest BCUT2D eigenvalue weighted by Crippen LogP contribution is -2.22. The van der Waals surface area contributed by atoms with Crippen LogP contribution in [0, 0.1) is 12.3 Å². The molecule has 3 rings (SSSR count). The molecule has 0 aliphatic carbocycles. The summed E-state index contributed by atoms with van der Waals surface area (Å²) in [5, 5.41) is 4.01. The number of carbonyl (C=O) groups excluding carboxylic acids is 1. The normalized spacial score (nSPS) is 10.7. The molecule has 0 atom stereocenters. The molecule has 7 nitrogen and oxygen atoms in total. The molecule has 1 amide bonds. The van der Waals surface area contributed by atoms with Crippen LogP contribution in [0.1, 0.15) is 12.5 Å². The smallest absolute Gasteiger partial charge is 0.260 e. The third kappa shape index (κ3) is 4.68. The number of nitrogens with one attached hydrogen (secondary N) is 1. The van der Waals surface area contributed by atoms with Crippen LogP contribution in [0.5, 0.6) is 11.5 Å². The number of hydrogen-bond acceptors (Lipinski definition) is 5. The molecule has 1 aromatic heterocycles. The Morgan fingerprint density at radius 2 is 2.14 bits per heavy atom. The summed E-state index contributed by atoms with van der Waals surface area (Å²) in [5.74, 6) is 3.30. The summed E-state index contributed by atoms with van der Waals surface area (Å²) in [6.07, 6.45) is 8.40. The van der Waals surface area contributed by atoms with Gasteiger partial charge in [-0.2, -0.15) is 5.10 Å². The van der Waals surface area contributed by atoms with Gasteiger partial charge in [0, 0.05) is 0 Å². The van der Waals surface area contributed by atoms with E-state index in [0.29, 0.717) is 18.1 Å². The standard InChI is InChI=1S/C21H20N4O3/c1-3-11-28-19-10-9-16(12-20(19)27-4-2)13-23-24-21(26)14-25-15-22-17-7-5-6-8-18(17)25/h1,5-10,12-13,15H,4,11,14H2,2H3,(H,24,26)/b23-13-. The largest absolute Gasteiger partial charge is 0.490 e. The summed E-state index contributed by atoms with van der Waals surface area (Å²) >= 11 is 0. The highest BCUT2D eigenvalue weighted by molar-refractivity contribution is 5.84. The summed E-state index contributed by atoms with van der Waals surface area (Å²) < 4.78 is 12.8. The topological polar surface area (TPSA) is 77.7 Å². The number of hydrazone groups is 1. The Morgan fingerprint density at radius 1 is 1.29 bits per heavy atom. The molecule has 1 N–H and O–H groups in total. The number of benzene rings is 2. The van der Waals surface area contributed by atoms with Crippen LogP contribution in [0.2, 0.25) is 0 Å². The molecule has 0 bridgehead atoms. The van der Waals surface area contributed by atoms with Crippen molar-refractivity contribution in [3.8, 4) is 23.8 Å². The molecule has 0 spiro atoms. The fourth-order valence-electron chi connectivity index (χ4n) is 2.62. The quantitative estimate of drug-likeness (QED) is 0.372. The van der Waals surface area contributed by atoms with Gasteiger partial charge in [0.2, 0.25) is 0 Å². The predicted octanol–water partition coefficient (Wildman–Crippen LogP) is 2.60. The zero-order chi connectivity index (χ0) is 19.8. The fourth-order valence-corrected chi connectivity index (χ4v) is 2.62. The highest BCUT2D eigenvalue weighted by atomic mass is 16.5. The summed E-state index contributed by atoms with van der Waals surface area (Å²) in [6, 6.07) is 12.9. The van der Waals surface area contributed by atoms with Crippen molar-refractivity contribution in [2.45, 2.75) is 13.5 Å². The molecule has 7 heteroatoms. The number of aromatic nitrogens is 2. The van der Waals surface area contributed by atoms with Crippen molar-refractivity contribution < 1.29 is 14.3 Å². The Labute approximate surface area is 163 Å². The average molecular weight is 376 g/mol. The van der Waals surface area contributed by atoms with Crippen LogP contribution in [-0.4, -0.2) is 34.9 Å². The maximum absolute atomic E-state index is 12.1. The zero-order valence-corrected chi connectivity index (χ0v) is 15.5. The lowest BCUT2D eigenvalue weighted by Gasteiger charge is -2.10. The number of fused-ring (bicyclic) bond motifs is 1. The minimum absolute atomic E-state index is 0.126. The molecule has 0 saturated carbocycles. The van der Waals surface area contributed by atoms with Crippen molar-refractivity contribution in [1.29, 1.82) is 0 Å². The Balaban J connectivity index is 1.62. The van der Waals surface area contributed by atoms with Gasteiger partial charge < -0.3 is 14.0 Å². The number of terminal acetylenes is 1. The molecular weight excluding hydrogens is 356 g/mol. The lowest BCUT2D eigenvalue weighted by molar-refractivity contribution is -0.121. The third-order valence-corrected chi connectivity index (χ3v) is 3.82. The number of imidazole rings is 1. The van der Waals surface area contributed by atoms with E-state index in [9.17, 15) is 4.79 Å². The molecule has 0 aliphatic rings. The van der Waals surface area contributed by atoms with Crippen LogP contribution >= 0.6 is 0 Å². The minimum Gasteiger partial charge on any atom is -0.490 e. The molecule has 2 aromatic carbocycles. The SMILES string of the molecule is C#CCOc1ccc(/C=N\NC(=O)Cn2cnc3ccccc32)cc1OCC. The first-order valence-electron chi connectivity index (χ1n) is 8.76. The minimum atomic E-state index is -0.251. The monoisotopic (exact) mass is 376 g/mol. The first kappa shape index (κ1) is 19.0. The van der Waals surface area contributed by atoms with Crippen LogP contribution < -0.4 is 14.9 Å². The first-order valence-corrected chi connectivity index (χ1v) is 8.76. The van der Waals surface area contributed by atoms with E-state index in [0.717, 1.165) is 16.6 Å². The maximum Gasteiger partial charge on any atom is 0.260 e. The van der Waals surface area contributed by atoms with Crippen molar-refractivity contribution in [1.82, 2.24) is 15.0 Å². The second kappa shape index (κ2) is 9.24. The molecular formula is C21H20N4O3. The van der Waals surface area contributed by atoms with Crippen molar-refractivity contribution in [3.05, 3.63) is 54.4 Å². The fraction of sp³-hybridized carbons (Fsp3) is 0.190. The summed E-state index contributed by atoms with van der Waals surface area (Å²) in [4.78, 5) is 16.4. The van der Waals surface area contributed by atoms with E-state index in [1.165, 1.54) is 6.21 Å². The molecule has 0 radical (unpaired) electrons. The molecule has 0 aliphatic heterocycles. The van der Waals surface area contributed by atoms with Crippen molar-refractivity contribution in [3.63, 3.8) is 0 Å². The molecule has 0 unspecified atom stereocenters. The van der Waals surface area contributed by atoms with Gasteiger partial charge in [0.25, 0.3) is 5.91 Å². The Morgan fingerprint density at radius 3 is 2.96 bits per heavy atom. The van der Waals surface area contributed by atoms with Crippen molar-refractivity contribution >= 4 is 23.2 Å². The van der Waals surface area contributed by atoms with Crippen LogP contribution in [0.15, 0.2) is 53.9 Å². The van der Waals surface area contributed by atoms with E-state index in [2.05, 4.69) is 21.4 Å². The number of ether oxygens (including phenoxy) is 2. The Hall–Kier alpha value is -3.79. The highest BCUT2D eigenvalue weighted by Gasteiger charge is 2.07. The van der Waals surface area contributed by atoms with Crippen molar-refractivity contribution in [2.75, 3.05) is 13.2 Å². The van der Waals surface area contributed by atoms with Crippen LogP contribution in [-0.2, 0) is 11.3 Å². The number of nitrogens with zero attached hydrogens (tertiary/aromatic N) is 3. The molecule has 28 heavy (non-hydrogen) atoms. The lowest BCUT2D eigenvalue weighted by atomic mass is 10.2. The van der Waals surface area contributed by atoms with Gasteiger partial charge in [0.05, 0.1) is 30.2 Å². The van der Waals surface area contributed by atoms with Gasteiger partial charge in [-0.05, 0) is 42.8 Å². The van der Waals surface area contributed by atoms with E-state index in [4.69, 9.17) is 15.9 Å². The summed E-state index contributed by atoms with van der Waals surface area (Å²) in [7, 11) is 0.